The van der Waals surface area contributed by atoms with Crippen LogP contribution >= 0.6 is 11.3 Å². The Morgan fingerprint density at radius 3 is 2.79 bits per heavy atom. The number of aromatic hydroxyl groups is 1. The van der Waals surface area contributed by atoms with Gasteiger partial charge in [0.2, 0.25) is 0 Å². The number of benzene rings is 1. The number of anilines is 1. The maximum atomic E-state index is 9.80. The van der Waals surface area contributed by atoms with Crippen LogP contribution in [0.4, 0.5) is 5.13 Å². The fourth-order valence-electron chi connectivity index (χ4n) is 2.61. The van der Waals surface area contributed by atoms with Crippen molar-refractivity contribution in [1.29, 1.82) is 0 Å². The summed E-state index contributed by atoms with van der Waals surface area (Å²) in [4.78, 5) is 13.1. The van der Waals surface area contributed by atoms with Crippen LogP contribution in [-0.4, -0.2) is 54.2 Å². The van der Waals surface area contributed by atoms with Gasteiger partial charge in [-0.1, -0.05) is 6.07 Å². The van der Waals surface area contributed by atoms with Crippen molar-refractivity contribution in [2.45, 2.75) is 6.54 Å². The SMILES string of the molecule is COc1ccc(CN=C(N)N2CCN(c3nccs3)CC2)cc1O. The lowest BCUT2D eigenvalue weighted by Crippen LogP contribution is -2.51. The number of nitrogens with two attached hydrogens (primary N) is 1. The van der Waals surface area contributed by atoms with E-state index in [-0.39, 0.29) is 5.75 Å². The molecule has 1 fully saturated rings. The third kappa shape index (κ3) is 3.70. The molecular formula is C16H21N5O2S. The van der Waals surface area contributed by atoms with E-state index in [9.17, 15) is 5.11 Å². The number of guanidine groups is 1. The van der Waals surface area contributed by atoms with Crippen LogP contribution in [0.25, 0.3) is 0 Å². The molecule has 7 nitrogen and oxygen atoms in total. The van der Waals surface area contributed by atoms with Crippen LogP contribution < -0.4 is 15.4 Å². The first-order valence-corrected chi connectivity index (χ1v) is 8.60. The second-order valence-corrected chi connectivity index (χ2v) is 6.34. The van der Waals surface area contributed by atoms with Gasteiger partial charge in [0.05, 0.1) is 13.7 Å². The van der Waals surface area contributed by atoms with E-state index in [0.717, 1.165) is 36.9 Å². The van der Waals surface area contributed by atoms with E-state index >= 15 is 0 Å². The molecule has 0 bridgehead atoms. The lowest BCUT2D eigenvalue weighted by Gasteiger charge is -2.35. The van der Waals surface area contributed by atoms with Gasteiger partial charge in [-0.2, -0.15) is 0 Å². The zero-order valence-electron chi connectivity index (χ0n) is 13.6. The van der Waals surface area contributed by atoms with Crippen LogP contribution in [0.15, 0.2) is 34.8 Å². The Hall–Kier alpha value is -2.48. The van der Waals surface area contributed by atoms with Gasteiger partial charge in [-0.25, -0.2) is 9.98 Å². The predicted molar refractivity (Wildman–Crippen MR) is 95.9 cm³/mol. The number of thiazole rings is 1. The summed E-state index contributed by atoms with van der Waals surface area (Å²) in [5.41, 5.74) is 7.00. The quantitative estimate of drug-likeness (QED) is 0.644. The zero-order valence-corrected chi connectivity index (χ0v) is 14.4. The fourth-order valence-corrected chi connectivity index (χ4v) is 3.30. The standard InChI is InChI=1S/C16H21N5O2S/c1-23-14-3-2-12(10-13(14)22)11-19-15(17)20-5-7-21(8-6-20)16-18-4-9-24-16/h2-4,9-10,22H,5-8,11H2,1H3,(H2,17,19). The monoisotopic (exact) mass is 347 g/mol. The summed E-state index contributed by atoms with van der Waals surface area (Å²) in [7, 11) is 1.52. The molecule has 1 aliphatic heterocycles. The Balaban J connectivity index is 1.56. The first kappa shape index (κ1) is 16.4. The first-order valence-electron chi connectivity index (χ1n) is 7.72. The Labute approximate surface area is 145 Å². The number of methoxy groups -OCH3 is 1. The summed E-state index contributed by atoms with van der Waals surface area (Å²) in [6.45, 7) is 3.84. The number of piperazine rings is 1. The second kappa shape index (κ2) is 7.39. The van der Waals surface area contributed by atoms with Gasteiger partial charge in [0.15, 0.2) is 22.6 Å². The summed E-state index contributed by atoms with van der Waals surface area (Å²) >= 11 is 1.65. The van der Waals surface area contributed by atoms with Crippen molar-refractivity contribution >= 4 is 22.4 Å². The van der Waals surface area contributed by atoms with Crippen molar-refractivity contribution in [3.05, 3.63) is 35.3 Å². The summed E-state index contributed by atoms with van der Waals surface area (Å²) < 4.78 is 5.03. The molecule has 0 unspecified atom stereocenters. The highest BCUT2D eigenvalue weighted by atomic mass is 32.1. The van der Waals surface area contributed by atoms with E-state index in [1.165, 1.54) is 7.11 Å². The molecule has 1 aromatic heterocycles. The zero-order chi connectivity index (χ0) is 16.9. The number of hydrogen-bond donors (Lipinski definition) is 2. The maximum absolute atomic E-state index is 9.80. The molecule has 128 valence electrons. The molecule has 1 aliphatic rings. The van der Waals surface area contributed by atoms with Crippen LogP contribution in [-0.2, 0) is 6.54 Å². The molecule has 0 radical (unpaired) electrons. The average molecular weight is 347 g/mol. The van der Waals surface area contributed by atoms with E-state index in [2.05, 4.69) is 19.8 Å². The van der Waals surface area contributed by atoms with Gasteiger partial charge in [0, 0.05) is 37.8 Å². The van der Waals surface area contributed by atoms with Crippen molar-refractivity contribution in [2.75, 3.05) is 38.2 Å². The normalized spacial score (nSPS) is 15.6. The highest BCUT2D eigenvalue weighted by Crippen LogP contribution is 2.26. The number of ether oxygens (including phenoxy) is 1. The van der Waals surface area contributed by atoms with Gasteiger partial charge < -0.3 is 25.4 Å². The number of rotatable bonds is 4. The van der Waals surface area contributed by atoms with Crippen molar-refractivity contribution in [1.82, 2.24) is 9.88 Å². The molecule has 1 saturated heterocycles. The largest absolute Gasteiger partial charge is 0.504 e. The molecule has 2 aromatic rings. The van der Waals surface area contributed by atoms with Gasteiger partial charge >= 0.3 is 0 Å². The van der Waals surface area contributed by atoms with E-state index < -0.39 is 0 Å². The Morgan fingerprint density at radius 1 is 1.38 bits per heavy atom. The van der Waals surface area contributed by atoms with E-state index in [4.69, 9.17) is 10.5 Å². The Morgan fingerprint density at radius 2 is 2.17 bits per heavy atom. The van der Waals surface area contributed by atoms with Crippen molar-refractivity contribution < 1.29 is 9.84 Å². The summed E-state index contributed by atoms with van der Waals surface area (Å²) in [5, 5.41) is 12.8. The molecule has 3 N–H and O–H groups in total. The second-order valence-electron chi connectivity index (χ2n) is 5.47. The summed E-state index contributed by atoms with van der Waals surface area (Å²) in [5.74, 6) is 1.10. The lowest BCUT2D eigenvalue weighted by atomic mass is 10.2. The Bertz CT molecular complexity index is 696. The summed E-state index contributed by atoms with van der Waals surface area (Å²) in [6, 6.07) is 5.24. The van der Waals surface area contributed by atoms with E-state index in [1.807, 2.05) is 17.6 Å². The molecular weight excluding hydrogens is 326 g/mol. The van der Waals surface area contributed by atoms with Crippen molar-refractivity contribution in [3.63, 3.8) is 0 Å². The van der Waals surface area contributed by atoms with E-state index in [1.54, 1.807) is 23.5 Å². The highest BCUT2D eigenvalue weighted by molar-refractivity contribution is 7.13. The highest BCUT2D eigenvalue weighted by Gasteiger charge is 2.19. The van der Waals surface area contributed by atoms with Gasteiger partial charge in [-0.3, -0.25) is 0 Å². The number of hydrogen-bond acceptors (Lipinski definition) is 6. The molecule has 0 saturated carbocycles. The molecule has 3 rings (SSSR count). The molecule has 0 atom stereocenters. The van der Waals surface area contributed by atoms with Gasteiger partial charge in [0.1, 0.15) is 0 Å². The van der Waals surface area contributed by atoms with Crippen LogP contribution in [0, 0.1) is 0 Å². The van der Waals surface area contributed by atoms with Crippen LogP contribution in [0.5, 0.6) is 11.5 Å². The number of aromatic nitrogens is 1. The molecule has 2 heterocycles. The molecule has 24 heavy (non-hydrogen) atoms. The van der Waals surface area contributed by atoms with Gasteiger partial charge in [-0.15, -0.1) is 11.3 Å². The first-order chi connectivity index (χ1) is 11.7. The van der Waals surface area contributed by atoms with Crippen molar-refractivity contribution in [3.8, 4) is 11.5 Å². The van der Waals surface area contributed by atoms with Gasteiger partial charge in [0.25, 0.3) is 0 Å². The molecule has 0 spiro atoms. The number of phenolic OH excluding ortho intramolecular Hbond substituents is 1. The summed E-state index contributed by atoms with van der Waals surface area (Å²) in [6.07, 6.45) is 1.83. The Kier molecular flexibility index (Phi) is 5.05. The molecule has 0 amide bonds. The van der Waals surface area contributed by atoms with Crippen LogP contribution in [0.1, 0.15) is 5.56 Å². The minimum absolute atomic E-state index is 0.112. The van der Waals surface area contributed by atoms with Crippen LogP contribution in [0.3, 0.4) is 0 Å². The molecule has 1 aromatic carbocycles. The van der Waals surface area contributed by atoms with Gasteiger partial charge in [-0.05, 0) is 17.7 Å². The molecule has 0 aliphatic carbocycles. The third-order valence-corrected chi connectivity index (χ3v) is 4.79. The lowest BCUT2D eigenvalue weighted by molar-refractivity contribution is 0.373. The number of phenols is 1. The number of aliphatic imine (C=N–C) groups is 1. The predicted octanol–water partition coefficient (Wildman–Crippen LogP) is 1.49. The molecule has 8 heteroatoms. The van der Waals surface area contributed by atoms with Crippen LogP contribution in [0.2, 0.25) is 0 Å². The minimum atomic E-state index is 0.112. The topological polar surface area (TPSA) is 87.2 Å². The average Bonchev–Trinajstić information content (AvgIpc) is 3.14. The number of nitrogens with zero attached hydrogens (tertiary/aromatic N) is 4. The third-order valence-electron chi connectivity index (χ3n) is 3.96. The maximum Gasteiger partial charge on any atom is 0.191 e. The van der Waals surface area contributed by atoms with E-state index in [0.29, 0.717) is 18.3 Å². The minimum Gasteiger partial charge on any atom is -0.504 e. The smallest absolute Gasteiger partial charge is 0.191 e. The van der Waals surface area contributed by atoms with Crippen molar-refractivity contribution in [2.24, 2.45) is 10.7 Å². The fraction of sp³-hybridized carbons (Fsp3) is 0.375.